The van der Waals surface area contributed by atoms with Crippen LogP contribution in [0.2, 0.25) is 0 Å². The average molecular weight is 609 g/mol. The van der Waals surface area contributed by atoms with Crippen LogP contribution < -0.4 is 5.32 Å². The predicted octanol–water partition coefficient (Wildman–Crippen LogP) is 3.28. The number of carbonyl (C=O) groups excluding carboxylic acids is 1. The molecule has 4 aromatic rings. The molecule has 3 aromatic heterocycles. The van der Waals surface area contributed by atoms with Gasteiger partial charge in [-0.3, -0.25) is 9.69 Å². The second-order valence-electron chi connectivity index (χ2n) is 9.52. The Labute approximate surface area is 249 Å². The minimum absolute atomic E-state index is 0.00660. The zero-order valence-corrected chi connectivity index (χ0v) is 24.6. The summed E-state index contributed by atoms with van der Waals surface area (Å²) in [4.78, 5) is 27.4. The smallest absolute Gasteiger partial charge is 0.325 e. The molecule has 0 aliphatic carbocycles. The molecule has 1 aliphatic rings. The number of morpholine rings is 1. The van der Waals surface area contributed by atoms with E-state index in [0.29, 0.717) is 37.9 Å². The van der Waals surface area contributed by atoms with Crippen molar-refractivity contribution in [1.29, 1.82) is 0 Å². The summed E-state index contributed by atoms with van der Waals surface area (Å²) in [7, 11) is -3.94. The highest BCUT2D eigenvalue weighted by molar-refractivity contribution is 7.89. The van der Waals surface area contributed by atoms with Gasteiger partial charge in [-0.2, -0.15) is 4.31 Å². The van der Waals surface area contributed by atoms with Gasteiger partial charge >= 0.3 is 5.97 Å². The molecule has 0 bridgehead atoms. The maximum absolute atomic E-state index is 13.6. The summed E-state index contributed by atoms with van der Waals surface area (Å²) in [5, 5.41) is 5.75. The molecule has 0 spiro atoms. The highest BCUT2D eigenvalue weighted by Crippen LogP contribution is 2.24. The molecule has 4 heterocycles. The molecule has 0 radical (unpaired) electrons. The molecule has 5 rings (SSSR count). The lowest BCUT2D eigenvalue weighted by atomic mass is 10.1. The summed E-state index contributed by atoms with van der Waals surface area (Å²) in [6.07, 6.45) is 3.21. The first-order valence-electron chi connectivity index (χ1n) is 13.5. The third-order valence-electron chi connectivity index (χ3n) is 6.57. The first-order chi connectivity index (χ1) is 20.5. The standard InChI is InChI=1S/C29H32N6O5S2/c36-28(40-18-15-34-13-16-39-17-14-34)20-32-26-5-3-4-25(33-26)22-35(42(37,38)27-6-1-2-11-30-27)21-23-7-9-24(10-8-23)29-31-12-19-41-29/h1-12,19H,13-18,20-22H2,(H,32,33). The van der Waals surface area contributed by atoms with Crippen LogP contribution in [0.5, 0.6) is 0 Å². The van der Waals surface area contributed by atoms with Crippen LogP contribution in [0, 0.1) is 0 Å². The van der Waals surface area contributed by atoms with Crippen LogP contribution in [-0.2, 0) is 37.4 Å². The number of anilines is 1. The molecule has 1 fully saturated rings. The molecule has 42 heavy (non-hydrogen) atoms. The van der Waals surface area contributed by atoms with E-state index in [0.717, 1.165) is 29.2 Å². The van der Waals surface area contributed by atoms with E-state index in [1.165, 1.54) is 16.6 Å². The lowest BCUT2D eigenvalue weighted by Crippen LogP contribution is -2.38. The van der Waals surface area contributed by atoms with E-state index < -0.39 is 16.0 Å². The molecular formula is C29H32N6O5S2. The molecule has 11 nitrogen and oxygen atoms in total. The van der Waals surface area contributed by atoms with Gasteiger partial charge < -0.3 is 14.8 Å². The number of nitrogens with zero attached hydrogens (tertiary/aromatic N) is 5. The number of hydrogen-bond acceptors (Lipinski definition) is 11. The van der Waals surface area contributed by atoms with Gasteiger partial charge in [-0.1, -0.05) is 36.4 Å². The molecule has 0 saturated carbocycles. The molecule has 0 atom stereocenters. The van der Waals surface area contributed by atoms with Crippen molar-refractivity contribution in [2.24, 2.45) is 0 Å². The van der Waals surface area contributed by atoms with E-state index in [1.807, 2.05) is 29.6 Å². The normalized spacial score (nSPS) is 14.1. The lowest BCUT2D eigenvalue weighted by molar-refractivity contribution is -0.142. The van der Waals surface area contributed by atoms with E-state index in [9.17, 15) is 13.2 Å². The van der Waals surface area contributed by atoms with E-state index in [-0.39, 0.29) is 24.7 Å². The number of rotatable bonds is 13. The third-order valence-corrected chi connectivity index (χ3v) is 9.10. The number of carbonyl (C=O) groups is 1. The van der Waals surface area contributed by atoms with Crippen molar-refractivity contribution in [3.05, 3.63) is 89.7 Å². The minimum Gasteiger partial charge on any atom is -0.463 e. The number of ether oxygens (including phenoxy) is 2. The van der Waals surface area contributed by atoms with Crippen LogP contribution in [-0.4, -0.2) is 84.5 Å². The number of benzene rings is 1. The summed E-state index contributed by atoms with van der Waals surface area (Å²) in [5.74, 6) is 0.0524. The zero-order valence-electron chi connectivity index (χ0n) is 23.0. The topological polar surface area (TPSA) is 127 Å². The van der Waals surface area contributed by atoms with Crippen molar-refractivity contribution in [2.75, 3.05) is 51.3 Å². The summed E-state index contributed by atoms with van der Waals surface area (Å²) >= 11 is 1.54. The highest BCUT2D eigenvalue weighted by atomic mass is 32.2. The summed E-state index contributed by atoms with van der Waals surface area (Å²) in [6, 6.07) is 17.7. The minimum atomic E-state index is -3.94. The van der Waals surface area contributed by atoms with Crippen molar-refractivity contribution in [1.82, 2.24) is 24.2 Å². The predicted molar refractivity (Wildman–Crippen MR) is 159 cm³/mol. The van der Waals surface area contributed by atoms with Crippen LogP contribution >= 0.6 is 11.3 Å². The Bertz CT molecular complexity index is 1530. The monoisotopic (exact) mass is 608 g/mol. The number of pyridine rings is 2. The molecule has 0 amide bonds. The maximum Gasteiger partial charge on any atom is 0.325 e. The van der Waals surface area contributed by atoms with Crippen molar-refractivity contribution in [3.8, 4) is 10.6 Å². The Morgan fingerprint density at radius 2 is 1.83 bits per heavy atom. The zero-order chi connectivity index (χ0) is 29.2. The van der Waals surface area contributed by atoms with E-state index in [2.05, 4.69) is 25.2 Å². The van der Waals surface area contributed by atoms with Crippen molar-refractivity contribution in [3.63, 3.8) is 0 Å². The van der Waals surface area contributed by atoms with Crippen LogP contribution in [0.25, 0.3) is 10.6 Å². The Morgan fingerprint density at radius 1 is 1.00 bits per heavy atom. The third kappa shape index (κ3) is 8.17. The number of sulfonamides is 1. The van der Waals surface area contributed by atoms with E-state index in [1.54, 1.807) is 47.9 Å². The lowest BCUT2D eigenvalue weighted by Gasteiger charge is -2.26. The van der Waals surface area contributed by atoms with Gasteiger partial charge in [-0.05, 0) is 29.8 Å². The van der Waals surface area contributed by atoms with Crippen LogP contribution in [0.15, 0.2) is 83.5 Å². The summed E-state index contributed by atoms with van der Waals surface area (Å²) < 4.78 is 39.3. The summed E-state index contributed by atoms with van der Waals surface area (Å²) in [5.41, 5.74) is 2.29. The van der Waals surface area contributed by atoms with Crippen molar-refractivity contribution in [2.45, 2.75) is 18.1 Å². The van der Waals surface area contributed by atoms with Gasteiger partial charge in [-0.15, -0.1) is 11.3 Å². The second-order valence-corrected chi connectivity index (χ2v) is 12.3. The Kier molecular flexibility index (Phi) is 10.2. The molecule has 1 N–H and O–H groups in total. The number of esters is 1. The Balaban J connectivity index is 1.24. The fourth-order valence-electron chi connectivity index (χ4n) is 4.35. The van der Waals surface area contributed by atoms with Gasteiger partial charge in [0.15, 0.2) is 5.03 Å². The van der Waals surface area contributed by atoms with Gasteiger partial charge in [0, 0.05) is 49.5 Å². The van der Waals surface area contributed by atoms with Gasteiger partial charge in [0.1, 0.15) is 24.0 Å². The molecule has 220 valence electrons. The van der Waals surface area contributed by atoms with Gasteiger partial charge in [0.25, 0.3) is 10.0 Å². The Morgan fingerprint density at radius 3 is 2.57 bits per heavy atom. The first-order valence-corrected chi connectivity index (χ1v) is 15.8. The second kappa shape index (κ2) is 14.4. The first kappa shape index (κ1) is 29.7. The quantitative estimate of drug-likeness (QED) is 0.226. The van der Waals surface area contributed by atoms with Gasteiger partial charge in [0.05, 0.1) is 25.5 Å². The Hall–Kier alpha value is -3.75. The molecule has 1 saturated heterocycles. The molecule has 0 unspecified atom stereocenters. The largest absolute Gasteiger partial charge is 0.463 e. The number of aromatic nitrogens is 3. The average Bonchev–Trinajstić information content (AvgIpc) is 3.57. The number of hydrogen-bond donors (Lipinski definition) is 1. The van der Waals surface area contributed by atoms with Gasteiger partial charge in [-0.25, -0.2) is 23.4 Å². The maximum atomic E-state index is 13.6. The van der Waals surface area contributed by atoms with Gasteiger partial charge in [0.2, 0.25) is 0 Å². The van der Waals surface area contributed by atoms with Crippen molar-refractivity contribution < 1.29 is 22.7 Å². The van der Waals surface area contributed by atoms with Crippen molar-refractivity contribution >= 4 is 33.1 Å². The molecule has 1 aliphatic heterocycles. The van der Waals surface area contributed by atoms with E-state index in [4.69, 9.17) is 9.47 Å². The fourth-order valence-corrected chi connectivity index (χ4v) is 6.33. The fraction of sp³-hybridized carbons (Fsp3) is 0.310. The van der Waals surface area contributed by atoms with E-state index >= 15 is 0 Å². The molecule has 13 heteroatoms. The number of thiazole rings is 1. The number of nitrogens with one attached hydrogen (secondary N) is 1. The highest BCUT2D eigenvalue weighted by Gasteiger charge is 2.27. The summed E-state index contributed by atoms with van der Waals surface area (Å²) in [6.45, 7) is 4.08. The van der Waals surface area contributed by atoms with Crippen LogP contribution in [0.4, 0.5) is 5.82 Å². The molecular weight excluding hydrogens is 576 g/mol. The van der Waals surface area contributed by atoms with Crippen LogP contribution in [0.1, 0.15) is 11.3 Å². The molecule has 1 aromatic carbocycles. The van der Waals surface area contributed by atoms with Crippen LogP contribution in [0.3, 0.4) is 0 Å². The SMILES string of the molecule is O=C(CNc1cccc(CN(Cc2ccc(-c3nccs3)cc2)S(=O)(=O)c2ccccn2)n1)OCCN1CCOCC1.